The van der Waals surface area contributed by atoms with Crippen LogP contribution in [0.15, 0.2) is 0 Å². The smallest absolute Gasteiger partial charge is 0.0462 e. The van der Waals surface area contributed by atoms with E-state index < -0.39 is 0 Å². The van der Waals surface area contributed by atoms with Gasteiger partial charge in [0.25, 0.3) is 0 Å². The standard InChI is InChI=1S/C29H54O/c1-30-25-17-6-4-2-3-5-16-24-29(26-18-10-7-11-19-26,27-20-12-8-13-21-27)28-22-14-9-15-23-28/h26-28H,2-25H2,1H3. The molecule has 3 rings (SSSR count). The molecule has 3 aliphatic rings. The molecule has 0 aromatic heterocycles. The molecule has 0 N–H and O–H groups in total. The summed E-state index contributed by atoms with van der Waals surface area (Å²) in [6.07, 6.45) is 34.8. The Balaban J connectivity index is 1.60. The van der Waals surface area contributed by atoms with Gasteiger partial charge in [-0.25, -0.2) is 0 Å². The number of rotatable bonds is 13. The minimum Gasteiger partial charge on any atom is -0.385 e. The van der Waals surface area contributed by atoms with Crippen molar-refractivity contribution in [3.05, 3.63) is 0 Å². The predicted octanol–water partition coefficient (Wildman–Crippen LogP) is 9.48. The molecule has 0 bridgehead atoms. The summed E-state index contributed by atoms with van der Waals surface area (Å²) in [5.74, 6) is 3.23. The molecular formula is C29H54O. The van der Waals surface area contributed by atoms with Gasteiger partial charge in [-0.1, -0.05) is 96.3 Å². The monoisotopic (exact) mass is 418 g/mol. The lowest BCUT2D eigenvalue weighted by Gasteiger charge is -2.55. The van der Waals surface area contributed by atoms with Crippen LogP contribution in [0.5, 0.6) is 0 Å². The van der Waals surface area contributed by atoms with Crippen LogP contribution in [0.4, 0.5) is 0 Å². The molecule has 0 aliphatic heterocycles. The highest BCUT2D eigenvalue weighted by molar-refractivity contribution is 4.99. The second-order valence-corrected chi connectivity index (χ2v) is 11.3. The highest BCUT2D eigenvalue weighted by Crippen LogP contribution is 2.59. The van der Waals surface area contributed by atoms with Gasteiger partial charge in [-0.2, -0.15) is 0 Å². The van der Waals surface area contributed by atoms with Gasteiger partial charge in [-0.05, 0) is 74.5 Å². The van der Waals surface area contributed by atoms with E-state index in [9.17, 15) is 0 Å². The first-order valence-corrected chi connectivity index (χ1v) is 14.4. The Labute approximate surface area is 189 Å². The summed E-state index contributed by atoms with van der Waals surface area (Å²) in [6, 6.07) is 0. The highest BCUT2D eigenvalue weighted by atomic mass is 16.5. The van der Waals surface area contributed by atoms with E-state index in [2.05, 4.69) is 0 Å². The number of hydrogen-bond donors (Lipinski definition) is 0. The first kappa shape index (κ1) is 24.6. The van der Waals surface area contributed by atoms with Gasteiger partial charge in [0.15, 0.2) is 0 Å². The van der Waals surface area contributed by atoms with Crippen LogP contribution in [-0.4, -0.2) is 13.7 Å². The fourth-order valence-electron chi connectivity index (χ4n) is 8.09. The molecule has 0 spiro atoms. The van der Waals surface area contributed by atoms with Gasteiger partial charge in [-0.3, -0.25) is 0 Å². The van der Waals surface area contributed by atoms with Crippen molar-refractivity contribution in [2.45, 2.75) is 148 Å². The Bertz CT molecular complexity index is 367. The Morgan fingerprint density at radius 1 is 0.500 bits per heavy atom. The molecule has 0 unspecified atom stereocenters. The molecule has 30 heavy (non-hydrogen) atoms. The summed E-state index contributed by atoms with van der Waals surface area (Å²) < 4.78 is 5.20. The van der Waals surface area contributed by atoms with Crippen LogP contribution in [0.2, 0.25) is 0 Å². The van der Waals surface area contributed by atoms with Crippen molar-refractivity contribution >= 4 is 0 Å². The molecule has 3 saturated carbocycles. The molecule has 0 heterocycles. The van der Waals surface area contributed by atoms with Crippen molar-refractivity contribution in [1.82, 2.24) is 0 Å². The Kier molecular flexibility index (Phi) is 11.6. The number of ether oxygens (including phenoxy) is 1. The molecule has 1 heteroatoms. The Hall–Kier alpha value is -0.0400. The molecule has 3 fully saturated rings. The molecular weight excluding hydrogens is 364 g/mol. The van der Waals surface area contributed by atoms with Crippen LogP contribution in [0.1, 0.15) is 148 Å². The van der Waals surface area contributed by atoms with Crippen molar-refractivity contribution in [1.29, 1.82) is 0 Å². The van der Waals surface area contributed by atoms with E-state index in [1.54, 1.807) is 44.9 Å². The van der Waals surface area contributed by atoms with Crippen LogP contribution >= 0.6 is 0 Å². The van der Waals surface area contributed by atoms with Crippen molar-refractivity contribution in [3.63, 3.8) is 0 Å². The number of unbranched alkanes of at least 4 members (excludes halogenated alkanes) is 6. The summed E-state index contributed by atoms with van der Waals surface area (Å²) in [5, 5.41) is 0. The molecule has 0 amide bonds. The highest BCUT2D eigenvalue weighted by Gasteiger charge is 2.49. The summed E-state index contributed by atoms with van der Waals surface area (Å²) in [7, 11) is 1.83. The average Bonchev–Trinajstić information content (AvgIpc) is 2.82. The average molecular weight is 419 g/mol. The predicted molar refractivity (Wildman–Crippen MR) is 131 cm³/mol. The van der Waals surface area contributed by atoms with Gasteiger partial charge in [0.05, 0.1) is 0 Å². The van der Waals surface area contributed by atoms with Crippen molar-refractivity contribution in [2.75, 3.05) is 13.7 Å². The van der Waals surface area contributed by atoms with E-state index in [0.717, 1.165) is 29.8 Å². The number of methoxy groups -OCH3 is 1. The molecule has 0 aromatic rings. The molecule has 176 valence electrons. The van der Waals surface area contributed by atoms with E-state index in [1.807, 2.05) is 7.11 Å². The van der Waals surface area contributed by atoms with E-state index in [-0.39, 0.29) is 0 Å². The summed E-state index contributed by atoms with van der Waals surface area (Å²) >= 11 is 0. The maximum Gasteiger partial charge on any atom is 0.0462 e. The Morgan fingerprint density at radius 3 is 1.27 bits per heavy atom. The first-order valence-electron chi connectivity index (χ1n) is 14.4. The lowest BCUT2D eigenvalue weighted by molar-refractivity contribution is -0.0571. The van der Waals surface area contributed by atoms with Crippen molar-refractivity contribution in [3.8, 4) is 0 Å². The fraction of sp³-hybridized carbons (Fsp3) is 1.00. The topological polar surface area (TPSA) is 9.23 Å². The quantitative estimate of drug-likeness (QED) is 0.270. The normalized spacial score (nSPS) is 23.1. The van der Waals surface area contributed by atoms with Crippen LogP contribution in [0.25, 0.3) is 0 Å². The van der Waals surface area contributed by atoms with Crippen molar-refractivity contribution < 1.29 is 4.74 Å². The van der Waals surface area contributed by atoms with Gasteiger partial charge in [-0.15, -0.1) is 0 Å². The maximum absolute atomic E-state index is 5.20. The SMILES string of the molecule is COCCCCCCCCCC(C1CCCCC1)(C1CCCCC1)C1CCCCC1. The second-order valence-electron chi connectivity index (χ2n) is 11.3. The molecule has 0 radical (unpaired) electrons. The third-order valence-electron chi connectivity index (χ3n) is 9.55. The van der Waals surface area contributed by atoms with E-state index in [0.29, 0.717) is 0 Å². The summed E-state index contributed by atoms with van der Waals surface area (Å²) in [6.45, 7) is 0.951. The summed E-state index contributed by atoms with van der Waals surface area (Å²) in [5.41, 5.74) is 0.736. The maximum atomic E-state index is 5.20. The first-order chi connectivity index (χ1) is 14.9. The van der Waals surface area contributed by atoms with Crippen LogP contribution in [0.3, 0.4) is 0 Å². The van der Waals surface area contributed by atoms with Gasteiger partial charge < -0.3 is 4.74 Å². The largest absolute Gasteiger partial charge is 0.385 e. The minimum atomic E-state index is 0.736. The lowest BCUT2D eigenvalue weighted by Crippen LogP contribution is -2.47. The zero-order valence-corrected chi connectivity index (χ0v) is 20.6. The van der Waals surface area contributed by atoms with Crippen LogP contribution in [0, 0.1) is 23.2 Å². The minimum absolute atomic E-state index is 0.736. The third kappa shape index (κ3) is 6.98. The second kappa shape index (κ2) is 14.2. The van der Waals surface area contributed by atoms with Gasteiger partial charge in [0.2, 0.25) is 0 Å². The zero-order chi connectivity index (χ0) is 20.9. The zero-order valence-electron chi connectivity index (χ0n) is 20.6. The molecule has 0 atom stereocenters. The van der Waals surface area contributed by atoms with Crippen molar-refractivity contribution in [2.24, 2.45) is 23.2 Å². The number of hydrogen-bond acceptors (Lipinski definition) is 1. The van der Waals surface area contributed by atoms with Gasteiger partial charge >= 0.3 is 0 Å². The van der Waals surface area contributed by atoms with Crippen LogP contribution < -0.4 is 0 Å². The van der Waals surface area contributed by atoms with Gasteiger partial charge in [0.1, 0.15) is 0 Å². The van der Waals surface area contributed by atoms with E-state index >= 15 is 0 Å². The molecule has 0 saturated heterocycles. The summed E-state index contributed by atoms with van der Waals surface area (Å²) in [4.78, 5) is 0. The van der Waals surface area contributed by atoms with E-state index in [1.165, 1.54) is 103 Å². The third-order valence-corrected chi connectivity index (χ3v) is 9.55. The Morgan fingerprint density at radius 2 is 0.867 bits per heavy atom. The molecule has 3 aliphatic carbocycles. The molecule has 0 aromatic carbocycles. The lowest BCUT2D eigenvalue weighted by atomic mass is 9.50. The fourth-order valence-corrected chi connectivity index (χ4v) is 8.09. The van der Waals surface area contributed by atoms with Crippen LogP contribution in [-0.2, 0) is 4.74 Å². The van der Waals surface area contributed by atoms with Gasteiger partial charge in [0, 0.05) is 13.7 Å². The molecule has 1 nitrogen and oxygen atoms in total. The van der Waals surface area contributed by atoms with E-state index in [4.69, 9.17) is 4.74 Å².